The van der Waals surface area contributed by atoms with Crippen molar-refractivity contribution in [3.63, 3.8) is 0 Å². The van der Waals surface area contributed by atoms with E-state index in [1.807, 2.05) is 42.2 Å². The second-order valence-corrected chi connectivity index (χ2v) is 17.9. The summed E-state index contributed by atoms with van der Waals surface area (Å²) >= 11 is 1.55. The van der Waals surface area contributed by atoms with E-state index in [2.05, 4.69) is 32.1 Å². The molecule has 1 aromatic heterocycles. The molecule has 3 fully saturated rings. The minimum absolute atomic E-state index is 0.0185. The molecule has 6 aliphatic rings. The van der Waals surface area contributed by atoms with E-state index in [9.17, 15) is 19.8 Å². The van der Waals surface area contributed by atoms with Gasteiger partial charge in [-0.2, -0.15) is 0 Å². The first kappa shape index (κ1) is 36.4. The van der Waals surface area contributed by atoms with Crippen LogP contribution in [0.15, 0.2) is 54.1 Å². The van der Waals surface area contributed by atoms with Gasteiger partial charge < -0.3 is 29.3 Å². The molecule has 51 heavy (non-hydrogen) atoms. The van der Waals surface area contributed by atoms with E-state index in [1.54, 1.807) is 32.7 Å². The van der Waals surface area contributed by atoms with E-state index in [4.69, 9.17) is 14.2 Å². The number of aliphatic hydroxyl groups is 2. The summed E-state index contributed by atoms with van der Waals surface area (Å²) in [6.07, 6.45) is 12.8. The summed E-state index contributed by atoms with van der Waals surface area (Å²) in [5.41, 5.74) is -0.998. The molecule has 8 unspecified atom stereocenters. The van der Waals surface area contributed by atoms with E-state index in [0.717, 1.165) is 53.0 Å². The zero-order valence-corrected chi connectivity index (χ0v) is 31.9. The lowest BCUT2D eigenvalue weighted by molar-refractivity contribution is -0.178. The Bertz CT molecular complexity index is 1750. The number of amides is 1. The lowest BCUT2D eigenvalue weighted by atomic mass is 9.32. The number of carbonyl (C=O) groups is 2. The second kappa shape index (κ2) is 13.2. The van der Waals surface area contributed by atoms with Gasteiger partial charge in [0.2, 0.25) is 5.91 Å². The number of Topliss-reactive ketones (excluding diaryl/α,β-unsaturated/α-hetero) is 1. The summed E-state index contributed by atoms with van der Waals surface area (Å²) in [6, 6.07) is 9.53. The van der Waals surface area contributed by atoms with Crippen LogP contribution in [0, 0.1) is 40.4 Å². The minimum Gasteiger partial charge on any atom is -0.493 e. The number of hydrogen-bond acceptors (Lipinski definition) is 8. The number of methoxy groups -OCH3 is 3. The number of thiophene rings is 1. The predicted octanol–water partition coefficient (Wildman–Crippen LogP) is 6.96. The molecule has 2 N–H and O–H groups in total. The maximum Gasteiger partial charge on any atom is 0.227 e. The van der Waals surface area contributed by atoms with Crippen LogP contribution in [-0.4, -0.2) is 79.5 Å². The molecule has 276 valence electrons. The number of ether oxygens (including phenoxy) is 3. The Kier molecular flexibility index (Phi) is 9.38. The molecular formula is C42H55NO7S. The topological polar surface area (TPSA) is 106 Å². The highest BCUT2D eigenvalue weighted by Gasteiger charge is 2.74. The standard InChI is InChI=1S/C42H55NO7S/c1-27-8-11-33(51-27)37(46)30-25-40-18-19-42(30)34(38(40,2)15-12-29(44)24-40)13-16-39(3)35(42)14-17-41(39,47)26-43(20-7-21-48-4)36(45)23-28-9-10-31(49-5)32(22-28)50-6/h8-11,18-19,22,25,29,34-35,44,47H,7,12-17,20-21,23-24,26H2,1-6H3. The van der Waals surface area contributed by atoms with Gasteiger partial charge in [0.1, 0.15) is 0 Å². The number of aryl methyl sites for hydroxylation is 1. The maximum absolute atomic E-state index is 14.7. The maximum atomic E-state index is 14.7. The van der Waals surface area contributed by atoms with Gasteiger partial charge in [-0.15, -0.1) is 11.3 Å². The molecule has 2 aromatic rings. The Morgan fingerprint density at radius 2 is 1.67 bits per heavy atom. The Labute approximate surface area is 306 Å². The van der Waals surface area contributed by atoms with Gasteiger partial charge in [0, 0.05) is 53.5 Å². The molecular weight excluding hydrogens is 663 g/mol. The highest BCUT2D eigenvalue weighted by molar-refractivity contribution is 7.14. The quantitative estimate of drug-likeness (QED) is 0.139. The van der Waals surface area contributed by atoms with Crippen LogP contribution in [0.4, 0.5) is 0 Å². The molecule has 0 aliphatic heterocycles. The average molecular weight is 718 g/mol. The number of carbonyl (C=O) groups excluding carboxylic acids is 2. The van der Waals surface area contributed by atoms with E-state index >= 15 is 0 Å². The summed E-state index contributed by atoms with van der Waals surface area (Å²) in [6.45, 7) is 7.89. The first-order chi connectivity index (χ1) is 24.3. The van der Waals surface area contributed by atoms with Gasteiger partial charge in [-0.25, -0.2) is 0 Å². The number of rotatable bonds is 12. The number of aliphatic hydroxyl groups excluding tert-OH is 1. The van der Waals surface area contributed by atoms with Crippen LogP contribution in [0.3, 0.4) is 0 Å². The molecule has 1 heterocycles. The van der Waals surface area contributed by atoms with E-state index in [-0.39, 0.29) is 47.3 Å². The van der Waals surface area contributed by atoms with Gasteiger partial charge in [-0.1, -0.05) is 38.1 Å². The van der Waals surface area contributed by atoms with Gasteiger partial charge in [0.05, 0.1) is 37.2 Å². The van der Waals surface area contributed by atoms with Crippen LogP contribution in [0.2, 0.25) is 0 Å². The fourth-order valence-electron chi connectivity index (χ4n) is 11.6. The zero-order chi connectivity index (χ0) is 36.4. The number of allylic oxidation sites excluding steroid dienone is 4. The SMILES string of the molecule is COCCCN(CC1(O)CCC2C34C=CC5(C=C3C(=O)c3ccc(C)s3)CC(O)CCC5(C)C4CCC21C)C(=O)Cc1ccc(OC)c(OC)c1. The van der Waals surface area contributed by atoms with Gasteiger partial charge in [-0.05, 0) is 105 Å². The second-order valence-electron chi connectivity index (χ2n) is 16.6. The van der Waals surface area contributed by atoms with Gasteiger partial charge >= 0.3 is 0 Å². The van der Waals surface area contributed by atoms with Crippen LogP contribution < -0.4 is 9.47 Å². The molecule has 8 nitrogen and oxygen atoms in total. The van der Waals surface area contributed by atoms with Crippen molar-refractivity contribution in [2.45, 2.75) is 90.3 Å². The zero-order valence-electron chi connectivity index (χ0n) is 31.1. The number of hydrogen-bond donors (Lipinski definition) is 2. The number of ketones is 1. The summed E-state index contributed by atoms with van der Waals surface area (Å²) < 4.78 is 16.3. The Balaban J connectivity index is 1.24. The molecule has 1 amide bonds. The summed E-state index contributed by atoms with van der Waals surface area (Å²) in [4.78, 5) is 32.6. The summed E-state index contributed by atoms with van der Waals surface area (Å²) in [5, 5.41) is 24.0. The normalized spacial score (nSPS) is 36.2. The van der Waals surface area contributed by atoms with Crippen LogP contribution >= 0.6 is 11.3 Å². The lowest BCUT2D eigenvalue weighted by Gasteiger charge is -2.71. The van der Waals surface area contributed by atoms with Crippen molar-refractivity contribution in [2.24, 2.45) is 33.5 Å². The third-order valence-electron chi connectivity index (χ3n) is 14.3. The highest BCUT2D eigenvalue weighted by Crippen LogP contribution is 2.78. The highest BCUT2D eigenvalue weighted by atomic mass is 32.1. The van der Waals surface area contributed by atoms with Crippen LogP contribution in [0.1, 0.15) is 85.3 Å². The number of nitrogens with zero attached hydrogens (tertiary/aromatic N) is 1. The van der Waals surface area contributed by atoms with Crippen LogP contribution in [-0.2, 0) is 16.0 Å². The Hall–Kier alpha value is -2.98. The van der Waals surface area contributed by atoms with E-state index < -0.39 is 22.5 Å². The van der Waals surface area contributed by atoms with E-state index in [0.29, 0.717) is 43.9 Å². The van der Waals surface area contributed by atoms with Crippen molar-refractivity contribution >= 4 is 23.0 Å². The third kappa shape index (κ3) is 5.47. The van der Waals surface area contributed by atoms with Crippen LogP contribution in [0.5, 0.6) is 11.5 Å². The average Bonchev–Trinajstić information content (AvgIpc) is 3.67. The monoisotopic (exact) mass is 717 g/mol. The molecule has 6 aliphatic carbocycles. The lowest BCUT2D eigenvalue weighted by Crippen LogP contribution is -2.67. The largest absolute Gasteiger partial charge is 0.493 e. The van der Waals surface area contributed by atoms with Crippen molar-refractivity contribution in [1.82, 2.24) is 4.90 Å². The molecule has 8 rings (SSSR count). The molecule has 1 aromatic carbocycles. The van der Waals surface area contributed by atoms with Crippen molar-refractivity contribution in [3.8, 4) is 11.5 Å². The molecule has 8 atom stereocenters. The first-order valence-corrected chi connectivity index (χ1v) is 19.5. The first-order valence-electron chi connectivity index (χ1n) is 18.7. The fraction of sp³-hybridized carbons (Fsp3) is 0.619. The Morgan fingerprint density at radius 3 is 2.37 bits per heavy atom. The van der Waals surface area contributed by atoms with Crippen LogP contribution in [0.25, 0.3) is 0 Å². The van der Waals surface area contributed by atoms with Gasteiger partial charge in [0.25, 0.3) is 0 Å². The van der Waals surface area contributed by atoms with Gasteiger partial charge in [0.15, 0.2) is 17.3 Å². The molecule has 2 bridgehead atoms. The fourth-order valence-corrected chi connectivity index (χ4v) is 12.4. The molecule has 3 saturated carbocycles. The predicted molar refractivity (Wildman–Crippen MR) is 198 cm³/mol. The molecule has 0 saturated heterocycles. The van der Waals surface area contributed by atoms with Crippen molar-refractivity contribution in [3.05, 3.63) is 69.5 Å². The van der Waals surface area contributed by atoms with Crippen molar-refractivity contribution in [2.75, 3.05) is 41.0 Å². The minimum atomic E-state index is -1.14. The number of benzene rings is 1. The smallest absolute Gasteiger partial charge is 0.227 e. The van der Waals surface area contributed by atoms with Gasteiger partial charge in [-0.3, -0.25) is 9.59 Å². The Morgan fingerprint density at radius 1 is 0.941 bits per heavy atom. The molecule has 2 spiro atoms. The molecule has 9 heteroatoms. The summed E-state index contributed by atoms with van der Waals surface area (Å²) in [7, 11) is 4.84. The summed E-state index contributed by atoms with van der Waals surface area (Å²) in [5.74, 6) is 1.46. The third-order valence-corrected chi connectivity index (χ3v) is 15.3. The van der Waals surface area contributed by atoms with E-state index in [1.165, 1.54) is 0 Å². The number of fused-ring (bicyclic) bond motifs is 1. The van der Waals surface area contributed by atoms with Crippen molar-refractivity contribution < 1.29 is 34.0 Å². The van der Waals surface area contributed by atoms with Crippen molar-refractivity contribution in [1.29, 1.82) is 0 Å². The molecule has 0 radical (unpaired) electrons.